The summed E-state index contributed by atoms with van der Waals surface area (Å²) < 4.78 is 0. The topological polar surface area (TPSA) is 50.2 Å². The van der Waals surface area contributed by atoms with Crippen LogP contribution in [0.2, 0.25) is 5.02 Å². The van der Waals surface area contributed by atoms with Crippen molar-refractivity contribution in [3.63, 3.8) is 0 Å². The Bertz CT molecular complexity index is 316. The number of halogens is 1. The zero-order chi connectivity index (χ0) is 9.14. The fraction of sp³-hybridized carbons (Fsp3) is 0.143. The maximum atomic E-state index is 10.5. The minimum absolute atomic E-state index is 0.102. The molecule has 0 atom stereocenters. The van der Waals surface area contributed by atoms with Gasteiger partial charge in [-0.2, -0.15) is 0 Å². The molecular weight excluding hydrogens is 198 g/mol. The van der Waals surface area contributed by atoms with Crippen LogP contribution in [0.1, 0.15) is 10.5 Å². The second-order valence-electron chi connectivity index (χ2n) is 2.01. The Hall–Kier alpha value is -0.740. The van der Waals surface area contributed by atoms with Crippen LogP contribution >= 0.6 is 23.4 Å². The number of aromatic carboxylic acids is 1. The summed E-state index contributed by atoms with van der Waals surface area (Å²) in [7, 11) is 0. The minimum atomic E-state index is -1.10. The first-order chi connectivity index (χ1) is 5.65. The molecule has 0 aliphatic rings. The number of thioether (sulfide) groups is 1. The van der Waals surface area contributed by atoms with E-state index in [-0.39, 0.29) is 10.7 Å². The lowest BCUT2D eigenvalue weighted by molar-refractivity contribution is 0.0690. The Balaban J connectivity index is 3.12. The number of carboxylic acids is 1. The fourth-order valence-corrected chi connectivity index (χ4v) is 1.40. The Kier molecular flexibility index (Phi) is 2.94. The van der Waals surface area contributed by atoms with Crippen LogP contribution in [-0.4, -0.2) is 22.3 Å². The fourth-order valence-electron chi connectivity index (χ4n) is 0.689. The third kappa shape index (κ3) is 1.89. The molecule has 0 radical (unpaired) electrons. The van der Waals surface area contributed by atoms with Crippen molar-refractivity contribution in [3.05, 3.63) is 23.0 Å². The van der Waals surface area contributed by atoms with Gasteiger partial charge in [-0.15, -0.1) is 11.8 Å². The molecule has 0 aromatic carbocycles. The van der Waals surface area contributed by atoms with Gasteiger partial charge in [-0.3, -0.25) is 0 Å². The summed E-state index contributed by atoms with van der Waals surface area (Å²) in [6.07, 6.45) is 3.35. The molecule has 64 valence electrons. The first-order valence-corrected chi connectivity index (χ1v) is 4.68. The molecule has 5 heteroatoms. The molecule has 3 nitrogen and oxygen atoms in total. The maximum Gasteiger partial charge on any atom is 0.356 e. The molecule has 0 saturated heterocycles. The predicted octanol–water partition coefficient (Wildman–Crippen LogP) is 2.16. The van der Waals surface area contributed by atoms with Gasteiger partial charge in [0.1, 0.15) is 0 Å². The highest BCUT2D eigenvalue weighted by molar-refractivity contribution is 7.98. The normalized spacial score (nSPS) is 9.83. The summed E-state index contributed by atoms with van der Waals surface area (Å²) in [6.45, 7) is 0. The number of hydrogen-bond donors (Lipinski definition) is 1. The number of rotatable bonds is 2. The largest absolute Gasteiger partial charge is 0.476 e. The summed E-state index contributed by atoms with van der Waals surface area (Å²) in [5, 5.41) is 8.75. The van der Waals surface area contributed by atoms with Gasteiger partial charge in [0.2, 0.25) is 0 Å². The zero-order valence-corrected chi connectivity index (χ0v) is 7.82. The van der Waals surface area contributed by atoms with Gasteiger partial charge in [-0.05, 0) is 12.3 Å². The minimum Gasteiger partial charge on any atom is -0.476 e. The Morgan fingerprint density at radius 2 is 2.42 bits per heavy atom. The number of nitrogens with zero attached hydrogens (tertiary/aromatic N) is 1. The van der Waals surface area contributed by atoms with Crippen LogP contribution in [0.3, 0.4) is 0 Å². The SMILES string of the molecule is CSc1cnc(C(=O)O)c(Cl)c1. The summed E-state index contributed by atoms with van der Waals surface area (Å²) in [4.78, 5) is 15.0. The maximum absolute atomic E-state index is 10.5. The van der Waals surface area contributed by atoms with Gasteiger partial charge in [-0.25, -0.2) is 9.78 Å². The molecular formula is C7H6ClNO2S. The predicted molar refractivity (Wildman–Crippen MR) is 48.0 cm³/mol. The van der Waals surface area contributed by atoms with E-state index >= 15 is 0 Å². The highest BCUT2D eigenvalue weighted by Crippen LogP contribution is 2.20. The molecule has 0 fully saturated rings. The molecule has 0 spiro atoms. The Morgan fingerprint density at radius 3 is 2.83 bits per heavy atom. The zero-order valence-electron chi connectivity index (χ0n) is 6.24. The lowest BCUT2D eigenvalue weighted by Gasteiger charge is -1.99. The highest BCUT2D eigenvalue weighted by Gasteiger charge is 2.09. The van der Waals surface area contributed by atoms with Gasteiger partial charge in [0, 0.05) is 11.1 Å². The van der Waals surface area contributed by atoms with Gasteiger partial charge in [0.15, 0.2) is 5.69 Å². The number of pyridine rings is 1. The van der Waals surface area contributed by atoms with E-state index < -0.39 is 5.97 Å². The van der Waals surface area contributed by atoms with E-state index in [2.05, 4.69) is 4.98 Å². The van der Waals surface area contributed by atoms with Crippen molar-refractivity contribution in [1.29, 1.82) is 0 Å². The van der Waals surface area contributed by atoms with E-state index in [0.717, 1.165) is 4.90 Å². The molecule has 0 aliphatic heterocycles. The number of carboxylic acid groups (broad SMARTS) is 1. The molecule has 0 amide bonds. The summed E-state index contributed by atoms with van der Waals surface area (Å²) in [5.41, 5.74) is -0.102. The van der Waals surface area contributed by atoms with Crippen LogP contribution in [0.25, 0.3) is 0 Å². The third-order valence-corrected chi connectivity index (χ3v) is 2.24. The molecule has 12 heavy (non-hydrogen) atoms. The molecule has 1 N–H and O–H groups in total. The smallest absolute Gasteiger partial charge is 0.356 e. The van der Waals surface area contributed by atoms with Crippen LogP contribution in [0.15, 0.2) is 17.2 Å². The van der Waals surface area contributed by atoms with E-state index in [1.807, 2.05) is 6.26 Å². The van der Waals surface area contributed by atoms with Gasteiger partial charge in [0.05, 0.1) is 5.02 Å². The van der Waals surface area contributed by atoms with E-state index in [1.54, 1.807) is 6.07 Å². The van der Waals surface area contributed by atoms with E-state index in [0.29, 0.717) is 0 Å². The molecule has 0 aliphatic carbocycles. The van der Waals surface area contributed by atoms with E-state index in [4.69, 9.17) is 16.7 Å². The van der Waals surface area contributed by atoms with Crippen molar-refractivity contribution >= 4 is 29.3 Å². The van der Waals surface area contributed by atoms with E-state index in [1.165, 1.54) is 18.0 Å². The first kappa shape index (κ1) is 9.35. The lowest BCUT2D eigenvalue weighted by atomic mass is 10.3. The first-order valence-electron chi connectivity index (χ1n) is 3.08. The number of carbonyl (C=O) groups is 1. The Labute approximate surface area is 78.8 Å². The van der Waals surface area contributed by atoms with Crippen LogP contribution in [0.4, 0.5) is 0 Å². The average Bonchev–Trinajstić information content (AvgIpc) is 2.03. The quantitative estimate of drug-likeness (QED) is 0.749. The highest BCUT2D eigenvalue weighted by atomic mass is 35.5. The average molecular weight is 204 g/mol. The summed E-state index contributed by atoms with van der Waals surface area (Å²) in [5.74, 6) is -1.10. The van der Waals surface area contributed by atoms with Crippen molar-refractivity contribution in [2.45, 2.75) is 4.90 Å². The second kappa shape index (κ2) is 3.78. The lowest BCUT2D eigenvalue weighted by Crippen LogP contribution is -2.00. The molecule has 1 rings (SSSR count). The Morgan fingerprint density at radius 1 is 1.75 bits per heavy atom. The van der Waals surface area contributed by atoms with Gasteiger partial charge in [-0.1, -0.05) is 11.6 Å². The van der Waals surface area contributed by atoms with Crippen LogP contribution in [0, 0.1) is 0 Å². The molecule has 1 aromatic heterocycles. The molecule has 0 saturated carbocycles. The van der Waals surface area contributed by atoms with Crippen molar-refractivity contribution in [2.24, 2.45) is 0 Å². The van der Waals surface area contributed by atoms with Gasteiger partial charge in [0.25, 0.3) is 0 Å². The molecule has 1 heterocycles. The van der Waals surface area contributed by atoms with Crippen LogP contribution < -0.4 is 0 Å². The van der Waals surface area contributed by atoms with Crippen molar-refractivity contribution < 1.29 is 9.90 Å². The summed E-state index contributed by atoms with van der Waals surface area (Å²) in [6, 6.07) is 1.59. The van der Waals surface area contributed by atoms with E-state index in [9.17, 15) is 4.79 Å². The standard InChI is InChI=1S/C7H6ClNO2S/c1-12-4-2-5(8)6(7(10)11)9-3-4/h2-3H,1H3,(H,10,11). The number of hydrogen-bond acceptors (Lipinski definition) is 3. The van der Waals surface area contributed by atoms with Gasteiger partial charge >= 0.3 is 5.97 Å². The molecule has 0 unspecified atom stereocenters. The van der Waals surface area contributed by atoms with Crippen molar-refractivity contribution in [2.75, 3.05) is 6.26 Å². The van der Waals surface area contributed by atoms with Crippen molar-refractivity contribution in [3.8, 4) is 0 Å². The third-order valence-electron chi connectivity index (χ3n) is 1.25. The van der Waals surface area contributed by atoms with Crippen molar-refractivity contribution in [1.82, 2.24) is 4.98 Å². The summed E-state index contributed by atoms with van der Waals surface area (Å²) >= 11 is 7.11. The second-order valence-corrected chi connectivity index (χ2v) is 3.30. The monoisotopic (exact) mass is 203 g/mol. The van der Waals surface area contributed by atoms with Crippen LogP contribution in [-0.2, 0) is 0 Å². The van der Waals surface area contributed by atoms with Gasteiger partial charge < -0.3 is 5.11 Å². The van der Waals surface area contributed by atoms with Crippen LogP contribution in [0.5, 0.6) is 0 Å². The molecule has 0 bridgehead atoms. The number of aromatic nitrogens is 1. The molecule has 1 aromatic rings.